The third-order valence-corrected chi connectivity index (χ3v) is 10.5. The Hall–Kier alpha value is -3.54. The number of hydrogen-bond acceptors (Lipinski definition) is 4. The number of allylic oxidation sites excluding steroid dienone is 4. The Bertz CT molecular complexity index is 1470. The molecular formula is C33H37F5N2O5. The smallest absolute Gasteiger partial charge is 0.456 e. The summed E-state index contributed by atoms with van der Waals surface area (Å²) in [6, 6.07) is 5.46. The largest absolute Gasteiger partial charge is 0.480 e. The van der Waals surface area contributed by atoms with Gasteiger partial charge >= 0.3 is 24.1 Å². The van der Waals surface area contributed by atoms with Gasteiger partial charge < -0.3 is 20.8 Å². The molecule has 4 N–H and O–H groups in total. The molecule has 0 heterocycles. The normalized spacial score (nSPS) is 30.7. The van der Waals surface area contributed by atoms with E-state index in [1.165, 1.54) is 13.8 Å². The highest BCUT2D eigenvalue weighted by Crippen LogP contribution is 2.70. The van der Waals surface area contributed by atoms with Crippen molar-refractivity contribution in [2.75, 3.05) is 6.54 Å². The zero-order valence-corrected chi connectivity index (χ0v) is 25.0. The van der Waals surface area contributed by atoms with Gasteiger partial charge in [0.05, 0.1) is 0 Å². The van der Waals surface area contributed by atoms with Gasteiger partial charge in [-0.1, -0.05) is 48.9 Å². The molecule has 0 aromatic heterocycles. The van der Waals surface area contributed by atoms with E-state index in [9.17, 15) is 32.7 Å². The van der Waals surface area contributed by atoms with E-state index in [0.29, 0.717) is 25.7 Å². The molecule has 0 bridgehead atoms. The van der Waals surface area contributed by atoms with Crippen molar-refractivity contribution in [2.24, 2.45) is 17.3 Å². The summed E-state index contributed by atoms with van der Waals surface area (Å²) in [6.07, 6.45) is 0.259. The number of benzene rings is 1. The van der Waals surface area contributed by atoms with Gasteiger partial charge in [0.2, 0.25) is 0 Å². The summed E-state index contributed by atoms with van der Waals surface area (Å²) in [5.74, 6) is -7.84. The first-order chi connectivity index (χ1) is 21.0. The van der Waals surface area contributed by atoms with Crippen molar-refractivity contribution >= 4 is 23.9 Å². The van der Waals surface area contributed by atoms with Crippen LogP contribution >= 0.6 is 0 Å². The van der Waals surface area contributed by atoms with E-state index in [2.05, 4.69) is 10.6 Å². The van der Waals surface area contributed by atoms with Gasteiger partial charge in [0.25, 0.3) is 0 Å². The van der Waals surface area contributed by atoms with Gasteiger partial charge in [0, 0.05) is 24.3 Å². The Morgan fingerprint density at radius 1 is 1.09 bits per heavy atom. The minimum atomic E-state index is -5.90. The Balaban J connectivity index is 1.45. The lowest BCUT2D eigenvalue weighted by molar-refractivity contribution is -0.362. The number of aliphatic carboxylic acids is 1. The topological polar surface area (TPSA) is 116 Å². The third-order valence-electron chi connectivity index (χ3n) is 10.5. The van der Waals surface area contributed by atoms with Gasteiger partial charge in [-0.15, -0.1) is 0 Å². The van der Waals surface area contributed by atoms with Crippen LogP contribution in [0.2, 0.25) is 0 Å². The number of ketones is 1. The van der Waals surface area contributed by atoms with Crippen LogP contribution in [-0.4, -0.2) is 58.3 Å². The average Bonchev–Trinajstić information content (AvgIpc) is 3.25. The number of fused-ring (bicyclic) bond motifs is 4. The zero-order chi connectivity index (χ0) is 32.9. The second-order valence-electron chi connectivity index (χ2n) is 13.0. The Kier molecular flexibility index (Phi) is 8.52. The summed E-state index contributed by atoms with van der Waals surface area (Å²) in [4.78, 5) is 34.9. The molecule has 0 saturated heterocycles. The molecule has 1 unspecified atom stereocenters. The molecule has 12 heteroatoms. The standard InChI is InChI=1S/C33H37F5N2O5/c1-18(28(42)43)40-29(44)39-15-3-4-19-5-7-20(8-6-19)25-17-30(2)26(13-14-31(30,45)32(34,35)33(36,37)38)24-11-9-21-16-22(41)10-12-23(21)27(24)25/h3-8,16,18,24-26,45H,9-15,17H2,1-2H3,(H,42,43)(H2,39,40,44)/t18?,24-,25+,26-,30-,31-/m0/s1. The summed E-state index contributed by atoms with van der Waals surface area (Å²) >= 11 is 0. The highest BCUT2D eigenvalue weighted by Gasteiger charge is 2.79. The number of carbonyl (C=O) groups excluding carboxylic acids is 2. The minimum absolute atomic E-state index is 0.0181. The summed E-state index contributed by atoms with van der Waals surface area (Å²) in [7, 11) is 0. The SMILES string of the molecule is CC(NC(=O)NCC=Cc1ccc([C@H]2C[C@@]3(C)[C@@H](CC[C@@]3(O)C(F)(F)C(F)(F)F)[C@@H]3CCC4=CC(=O)CCC4=C32)cc1)C(=O)O. The molecule has 2 saturated carbocycles. The predicted octanol–water partition coefficient (Wildman–Crippen LogP) is 6.30. The number of carboxylic acids is 1. The van der Waals surface area contributed by atoms with Crippen LogP contribution in [-0.2, 0) is 9.59 Å². The molecule has 1 aromatic rings. The number of amides is 2. The summed E-state index contributed by atoms with van der Waals surface area (Å²) < 4.78 is 71.6. The van der Waals surface area contributed by atoms with Gasteiger partial charge in [-0.2, -0.15) is 22.0 Å². The van der Waals surface area contributed by atoms with Crippen molar-refractivity contribution in [2.45, 2.75) is 88.5 Å². The lowest BCUT2D eigenvalue weighted by atomic mass is 9.50. The number of alkyl halides is 5. The lowest BCUT2D eigenvalue weighted by Gasteiger charge is -2.56. The number of hydrogen-bond donors (Lipinski definition) is 4. The van der Waals surface area contributed by atoms with Gasteiger partial charge in [0.1, 0.15) is 11.6 Å². The quantitative estimate of drug-likeness (QED) is 0.262. The highest BCUT2D eigenvalue weighted by molar-refractivity contribution is 5.93. The van der Waals surface area contributed by atoms with Crippen molar-refractivity contribution in [3.8, 4) is 0 Å². The Morgan fingerprint density at radius 2 is 1.78 bits per heavy atom. The number of carbonyl (C=O) groups is 3. The second kappa shape index (κ2) is 11.7. The van der Waals surface area contributed by atoms with Crippen molar-refractivity contribution in [3.63, 3.8) is 0 Å². The monoisotopic (exact) mass is 636 g/mol. The van der Waals surface area contributed by atoms with Crippen molar-refractivity contribution in [3.05, 3.63) is 64.3 Å². The first-order valence-electron chi connectivity index (χ1n) is 15.2. The highest BCUT2D eigenvalue weighted by atomic mass is 19.4. The van der Waals surface area contributed by atoms with Crippen LogP contribution in [0.15, 0.2) is 53.1 Å². The van der Waals surface area contributed by atoms with E-state index in [1.807, 2.05) is 0 Å². The van der Waals surface area contributed by atoms with Crippen molar-refractivity contribution in [1.29, 1.82) is 0 Å². The van der Waals surface area contributed by atoms with Crippen LogP contribution in [0.5, 0.6) is 0 Å². The molecule has 7 nitrogen and oxygen atoms in total. The predicted molar refractivity (Wildman–Crippen MR) is 155 cm³/mol. The number of rotatable bonds is 7. The molecule has 0 spiro atoms. The van der Waals surface area contributed by atoms with Gasteiger partial charge in [-0.05, 0) is 85.6 Å². The maximum absolute atomic E-state index is 15.2. The molecule has 6 atom stereocenters. The molecule has 2 amide bonds. The molecule has 0 aliphatic heterocycles. The molecule has 244 valence electrons. The van der Waals surface area contributed by atoms with E-state index < -0.39 is 59.4 Å². The van der Waals surface area contributed by atoms with Crippen LogP contribution in [0.25, 0.3) is 6.08 Å². The summed E-state index contributed by atoms with van der Waals surface area (Å²) in [5.41, 5.74) is -0.614. The molecule has 2 fully saturated rings. The van der Waals surface area contributed by atoms with Crippen molar-refractivity contribution in [1.82, 2.24) is 10.6 Å². The number of aliphatic hydroxyl groups is 1. The average molecular weight is 637 g/mol. The maximum Gasteiger partial charge on any atom is 0.456 e. The number of nitrogens with one attached hydrogen (secondary N) is 2. The van der Waals surface area contributed by atoms with Crippen LogP contribution in [0, 0.1) is 17.3 Å². The third kappa shape index (κ3) is 5.59. The Labute approximate surface area is 257 Å². The molecule has 5 rings (SSSR count). The maximum atomic E-state index is 15.2. The zero-order valence-electron chi connectivity index (χ0n) is 25.0. The summed E-state index contributed by atoms with van der Waals surface area (Å²) in [6.45, 7) is 2.84. The molecule has 0 radical (unpaired) electrons. The molecule has 4 aliphatic carbocycles. The molecule has 1 aromatic carbocycles. The number of urea groups is 1. The van der Waals surface area contributed by atoms with Gasteiger partial charge in [-0.25, -0.2) is 4.79 Å². The fourth-order valence-electron chi connectivity index (χ4n) is 8.21. The molecule has 45 heavy (non-hydrogen) atoms. The van der Waals surface area contributed by atoms with Crippen LogP contribution < -0.4 is 10.6 Å². The van der Waals surface area contributed by atoms with E-state index in [0.717, 1.165) is 27.8 Å². The first-order valence-corrected chi connectivity index (χ1v) is 15.2. The van der Waals surface area contributed by atoms with E-state index in [4.69, 9.17) is 5.11 Å². The fraction of sp³-hybridized carbons (Fsp3) is 0.545. The fourth-order valence-corrected chi connectivity index (χ4v) is 8.21. The van der Waals surface area contributed by atoms with E-state index >= 15 is 8.78 Å². The Morgan fingerprint density at radius 3 is 2.42 bits per heavy atom. The lowest BCUT2D eigenvalue weighted by Crippen LogP contribution is -2.65. The summed E-state index contributed by atoms with van der Waals surface area (Å²) in [5, 5.41) is 25.1. The van der Waals surface area contributed by atoms with Crippen LogP contribution in [0.3, 0.4) is 0 Å². The minimum Gasteiger partial charge on any atom is -0.480 e. The van der Waals surface area contributed by atoms with Crippen LogP contribution in [0.1, 0.15) is 75.8 Å². The first kappa shape index (κ1) is 32.8. The van der Waals surface area contributed by atoms with Crippen molar-refractivity contribution < 1.29 is 46.5 Å². The van der Waals surface area contributed by atoms with Gasteiger partial charge in [-0.3, -0.25) is 9.59 Å². The molecule has 4 aliphatic rings. The second-order valence-corrected chi connectivity index (χ2v) is 13.0. The number of carboxylic acid groups (broad SMARTS) is 1. The van der Waals surface area contributed by atoms with Crippen LogP contribution in [0.4, 0.5) is 26.7 Å². The van der Waals surface area contributed by atoms with Gasteiger partial charge in [0.15, 0.2) is 5.78 Å². The molecular weight excluding hydrogens is 599 g/mol. The van der Waals surface area contributed by atoms with E-state index in [1.54, 1.807) is 42.5 Å². The number of halogens is 5. The van der Waals surface area contributed by atoms with E-state index in [-0.39, 0.29) is 31.1 Å².